The Morgan fingerprint density at radius 3 is 2.00 bits per heavy atom. The molecule has 0 saturated heterocycles. The van der Waals surface area contributed by atoms with Crippen LogP contribution in [-0.4, -0.2) is 5.11 Å². The molecule has 3 N–H and O–H groups in total. The van der Waals surface area contributed by atoms with Gasteiger partial charge in [-0.3, -0.25) is 0 Å². The highest BCUT2D eigenvalue weighted by Gasteiger charge is 2.13. The summed E-state index contributed by atoms with van der Waals surface area (Å²) in [6, 6.07) is 1.88. The number of aryl methyl sites for hydroxylation is 1. The van der Waals surface area contributed by atoms with Crippen molar-refractivity contribution in [1.82, 2.24) is 0 Å². The molecule has 0 aliphatic heterocycles. The first kappa shape index (κ1) is 12.1. The van der Waals surface area contributed by atoms with Gasteiger partial charge in [0.15, 0.2) is 0 Å². The number of rotatable bonds is 4. The van der Waals surface area contributed by atoms with E-state index in [9.17, 15) is 5.11 Å². The lowest BCUT2D eigenvalue weighted by Gasteiger charge is -2.17. The molecule has 0 atom stereocenters. The topological polar surface area (TPSA) is 46.2 Å². The van der Waals surface area contributed by atoms with Gasteiger partial charge in [-0.1, -0.05) is 20.8 Å². The molecule has 84 valence electrons. The summed E-state index contributed by atoms with van der Waals surface area (Å²) in [5.41, 5.74) is 10.5. The maximum atomic E-state index is 9.87. The molecule has 0 unspecified atom stereocenters. The van der Waals surface area contributed by atoms with Crippen LogP contribution in [0.1, 0.15) is 43.0 Å². The van der Waals surface area contributed by atoms with Crippen molar-refractivity contribution in [2.24, 2.45) is 5.73 Å². The highest BCUT2D eigenvalue weighted by molar-refractivity contribution is 5.49. The third-order valence-corrected chi connectivity index (χ3v) is 3.03. The number of hydrogen-bond donors (Lipinski definition) is 2. The lowest BCUT2D eigenvalue weighted by molar-refractivity contribution is 0.466. The minimum Gasteiger partial charge on any atom is -0.508 e. The van der Waals surface area contributed by atoms with Crippen LogP contribution in [-0.2, 0) is 25.8 Å². The lowest BCUT2D eigenvalue weighted by Crippen LogP contribution is -2.07. The third-order valence-electron chi connectivity index (χ3n) is 3.03. The first-order valence-corrected chi connectivity index (χ1v) is 5.74. The highest BCUT2D eigenvalue weighted by atomic mass is 16.3. The first-order valence-electron chi connectivity index (χ1n) is 5.74. The molecule has 0 aliphatic carbocycles. The number of nitrogens with two attached hydrogens (primary N) is 1. The van der Waals surface area contributed by atoms with E-state index in [1.807, 2.05) is 6.07 Å². The quantitative estimate of drug-likeness (QED) is 0.797. The van der Waals surface area contributed by atoms with Crippen LogP contribution < -0.4 is 5.73 Å². The van der Waals surface area contributed by atoms with Gasteiger partial charge in [0.25, 0.3) is 0 Å². The Labute approximate surface area is 92.1 Å². The van der Waals surface area contributed by atoms with Gasteiger partial charge in [-0.05, 0) is 42.0 Å². The van der Waals surface area contributed by atoms with Crippen molar-refractivity contribution in [2.75, 3.05) is 0 Å². The van der Waals surface area contributed by atoms with Crippen LogP contribution in [0.2, 0.25) is 0 Å². The van der Waals surface area contributed by atoms with Gasteiger partial charge in [-0.15, -0.1) is 0 Å². The van der Waals surface area contributed by atoms with E-state index >= 15 is 0 Å². The fourth-order valence-electron chi connectivity index (χ4n) is 2.28. The smallest absolute Gasteiger partial charge is 0.120 e. The Balaban J connectivity index is 3.44. The van der Waals surface area contributed by atoms with Gasteiger partial charge >= 0.3 is 0 Å². The van der Waals surface area contributed by atoms with Crippen LogP contribution in [0, 0.1) is 0 Å². The molecule has 1 aromatic carbocycles. The Morgan fingerprint density at radius 2 is 1.60 bits per heavy atom. The molecule has 0 spiro atoms. The van der Waals surface area contributed by atoms with E-state index < -0.39 is 0 Å². The third kappa shape index (κ3) is 2.15. The molecule has 0 amide bonds. The molecule has 0 saturated carbocycles. The van der Waals surface area contributed by atoms with Crippen LogP contribution in [0.3, 0.4) is 0 Å². The van der Waals surface area contributed by atoms with Crippen molar-refractivity contribution >= 4 is 0 Å². The van der Waals surface area contributed by atoms with Gasteiger partial charge in [0.05, 0.1) is 0 Å². The summed E-state index contributed by atoms with van der Waals surface area (Å²) in [6.45, 7) is 6.82. The van der Waals surface area contributed by atoms with E-state index in [0.717, 1.165) is 24.8 Å². The first-order chi connectivity index (χ1) is 7.19. The van der Waals surface area contributed by atoms with Gasteiger partial charge in [-0.25, -0.2) is 0 Å². The van der Waals surface area contributed by atoms with E-state index in [1.54, 1.807) is 0 Å². The van der Waals surface area contributed by atoms with Crippen molar-refractivity contribution in [3.05, 3.63) is 28.3 Å². The standard InChI is InChI=1S/C13H21NO/c1-4-9-7-13(15)12(8-14)11(6-3)10(9)5-2/h7,15H,4-6,8,14H2,1-3H3. The molecule has 0 bridgehead atoms. The maximum absolute atomic E-state index is 9.87. The molecule has 0 aromatic heterocycles. The molecule has 0 heterocycles. The molecule has 15 heavy (non-hydrogen) atoms. The molecular formula is C13H21NO. The van der Waals surface area contributed by atoms with Crippen LogP contribution >= 0.6 is 0 Å². The summed E-state index contributed by atoms with van der Waals surface area (Å²) in [5, 5.41) is 9.87. The summed E-state index contributed by atoms with van der Waals surface area (Å²) < 4.78 is 0. The summed E-state index contributed by atoms with van der Waals surface area (Å²) >= 11 is 0. The van der Waals surface area contributed by atoms with Crippen molar-refractivity contribution in [2.45, 2.75) is 46.6 Å². The fraction of sp³-hybridized carbons (Fsp3) is 0.538. The van der Waals surface area contributed by atoms with Gasteiger partial charge in [0.1, 0.15) is 5.75 Å². The minimum absolute atomic E-state index is 0.364. The van der Waals surface area contributed by atoms with Crippen LogP contribution in [0.25, 0.3) is 0 Å². The zero-order valence-electron chi connectivity index (χ0n) is 9.93. The summed E-state index contributed by atoms with van der Waals surface area (Å²) in [6.07, 6.45) is 2.92. The van der Waals surface area contributed by atoms with Gasteiger partial charge < -0.3 is 10.8 Å². The van der Waals surface area contributed by atoms with Gasteiger partial charge in [0, 0.05) is 12.1 Å². The summed E-state index contributed by atoms with van der Waals surface area (Å²) in [4.78, 5) is 0. The van der Waals surface area contributed by atoms with E-state index in [1.165, 1.54) is 16.7 Å². The molecule has 0 fully saturated rings. The fourth-order valence-corrected chi connectivity index (χ4v) is 2.28. The molecule has 0 aliphatic rings. The number of aromatic hydroxyl groups is 1. The monoisotopic (exact) mass is 207 g/mol. The van der Waals surface area contributed by atoms with Crippen molar-refractivity contribution in [3.8, 4) is 5.75 Å². The second-order valence-corrected chi connectivity index (χ2v) is 3.76. The van der Waals surface area contributed by atoms with Crippen LogP contribution in [0.4, 0.5) is 0 Å². The normalized spacial score (nSPS) is 10.7. The van der Waals surface area contributed by atoms with Gasteiger partial charge in [0.2, 0.25) is 0 Å². The number of benzene rings is 1. The number of hydrogen-bond acceptors (Lipinski definition) is 2. The van der Waals surface area contributed by atoms with Crippen molar-refractivity contribution < 1.29 is 5.11 Å². The maximum Gasteiger partial charge on any atom is 0.120 e. The highest BCUT2D eigenvalue weighted by Crippen LogP contribution is 2.29. The zero-order chi connectivity index (χ0) is 11.4. The molecule has 2 heteroatoms. The van der Waals surface area contributed by atoms with E-state index in [-0.39, 0.29) is 0 Å². The Kier molecular flexibility index (Phi) is 4.15. The largest absolute Gasteiger partial charge is 0.508 e. The van der Waals surface area contributed by atoms with E-state index in [2.05, 4.69) is 20.8 Å². The Morgan fingerprint density at radius 1 is 1.00 bits per heavy atom. The van der Waals surface area contributed by atoms with Crippen molar-refractivity contribution in [3.63, 3.8) is 0 Å². The zero-order valence-corrected chi connectivity index (χ0v) is 9.93. The lowest BCUT2D eigenvalue weighted by atomic mass is 9.90. The average Bonchev–Trinajstić information content (AvgIpc) is 2.27. The summed E-state index contributed by atoms with van der Waals surface area (Å²) in [5.74, 6) is 0.364. The molecule has 2 nitrogen and oxygen atoms in total. The molecular weight excluding hydrogens is 186 g/mol. The Hall–Kier alpha value is -1.02. The SMILES string of the molecule is CCc1cc(O)c(CN)c(CC)c1CC. The van der Waals surface area contributed by atoms with Crippen molar-refractivity contribution in [1.29, 1.82) is 0 Å². The average molecular weight is 207 g/mol. The second kappa shape index (κ2) is 5.17. The number of phenols is 1. The van der Waals surface area contributed by atoms with Crippen LogP contribution in [0.5, 0.6) is 5.75 Å². The van der Waals surface area contributed by atoms with Crippen LogP contribution in [0.15, 0.2) is 6.07 Å². The Bertz CT molecular complexity index is 345. The predicted molar refractivity (Wildman–Crippen MR) is 64.1 cm³/mol. The predicted octanol–water partition coefficient (Wildman–Crippen LogP) is 2.54. The molecule has 1 rings (SSSR count). The second-order valence-electron chi connectivity index (χ2n) is 3.76. The summed E-state index contributed by atoms with van der Waals surface area (Å²) in [7, 11) is 0. The van der Waals surface area contributed by atoms with E-state index in [4.69, 9.17) is 5.73 Å². The molecule has 1 aromatic rings. The number of phenolic OH excluding ortho intramolecular Hbond substituents is 1. The minimum atomic E-state index is 0.364. The van der Waals surface area contributed by atoms with E-state index in [0.29, 0.717) is 12.3 Å². The van der Waals surface area contributed by atoms with Gasteiger partial charge in [-0.2, -0.15) is 0 Å². The molecule has 0 radical (unpaired) electrons.